The number of likely N-dealkylation sites (tertiary alicyclic amines) is 2. The number of hydrogen-bond acceptors (Lipinski definition) is 5. The molecular weight excluding hydrogens is 558 g/mol. The Bertz CT molecular complexity index is 1040. The van der Waals surface area contributed by atoms with Crippen LogP contribution in [-0.4, -0.2) is 66.1 Å². The third kappa shape index (κ3) is 8.48. The molecule has 0 amide bonds. The largest absolute Gasteiger partial charge is 0.481 e. The zero-order valence-electron chi connectivity index (χ0n) is 19.7. The fraction of sp³-hybridized carbons (Fsp3) is 0.565. The number of pyridine rings is 2. The Hall–Kier alpha value is -2.12. The highest BCUT2D eigenvalue weighted by molar-refractivity contribution is 8.93. The molecule has 2 aromatic rings. The molecule has 0 unspecified atom stereocenters. The van der Waals surface area contributed by atoms with Gasteiger partial charge >= 0.3 is 12.4 Å². The van der Waals surface area contributed by atoms with Crippen LogP contribution in [0.5, 0.6) is 5.88 Å². The minimum Gasteiger partial charge on any atom is -0.481 e. The molecular formula is C23H29BrF6N4O2. The molecule has 2 aromatic heterocycles. The molecule has 2 saturated heterocycles. The lowest BCUT2D eigenvalue weighted by molar-refractivity contribution is -0.139. The van der Waals surface area contributed by atoms with Gasteiger partial charge in [-0.15, -0.1) is 17.0 Å². The summed E-state index contributed by atoms with van der Waals surface area (Å²) in [4.78, 5) is 21.3. The molecule has 202 valence electrons. The van der Waals surface area contributed by atoms with Gasteiger partial charge < -0.3 is 19.5 Å². The molecule has 0 bridgehead atoms. The predicted octanol–water partition coefficient (Wildman–Crippen LogP) is 4.58. The molecule has 0 saturated carbocycles. The van der Waals surface area contributed by atoms with Gasteiger partial charge in [0.05, 0.1) is 18.2 Å². The van der Waals surface area contributed by atoms with Gasteiger partial charge in [0.2, 0.25) is 11.4 Å². The number of hydrogen-bond donors (Lipinski definition) is 1. The summed E-state index contributed by atoms with van der Waals surface area (Å²) in [5.41, 5.74) is -1.79. The van der Waals surface area contributed by atoms with Crippen LogP contribution >= 0.6 is 17.0 Å². The van der Waals surface area contributed by atoms with Crippen molar-refractivity contribution in [3.05, 3.63) is 57.1 Å². The fourth-order valence-electron chi connectivity index (χ4n) is 3.78. The molecule has 1 N–H and O–H groups in total. The second-order valence-corrected chi connectivity index (χ2v) is 8.51. The van der Waals surface area contributed by atoms with Gasteiger partial charge in [-0.3, -0.25) is 4.79 Å². The first-order valence-electron chi connectivity index (χ1n) is 11.3. The van der Waals surface area contributed by atoms with Gasteiger partial charge in [0.1, 0.15) is 0 Å². The maximum Gasteiger partial charge on any atom is 0.416 e. The molecule has 6 nitrogen and oxygen atoms in total. The molecule has 13 heteroatoms. The van der Waals surface area contributed by atoms with Crippen molar-refractivity contribution in [2.45, 2.75) is 38.0 Å². The Labute approximate surface area is 215 Å². The molecule has 0 radical (unpaired) electrons. The number of H-pyrrole nitrogens is 1. The molecule has 0 atom stereocenters. The highest BCUT2D eigenvalue weighted by Crippen LogP contribution is 2.34. The summed E-state index contributed by atoms with van der Waals surface area (Å²) in [7, 11) is 1.31. The number of methoxy groups -OCH3 is 1. The standard InChI is InChI=1S/C12H15F3N2O.C11H13F3N2O.BrH/c1-18-11-7-10(12(13,14)15)9(8-16-11)3-6-17-4-2-5-17;12-11(13,14)9-6-10(17)15-7-8(9)2-5-16-3-1-4-16;/h7-8H,2-6H2,1H3;6-7H,1-5H2,(H,15,17);1H. The topological polar surface area (TPSA) is 61.5 Å². The smallest absolute Gasteiger partial charge is 0.416 e. The van der Waals surface area contributed by atoms with E-state index in [0.717, 1.165) is 45.1 Å². The van der Waals surface area contributed by atoms with Crippen LogP contribution in [0, 0.1) is 0 Å². The highest BCUT2D eigenvalue weighted by Gasteiger charge is 2.35. The Balaban J connectivity index is 0.000000247. The van der Waals surface area contributed by atoms with E-state index in [1.165, 1.54) is 19.5 Å². The van der Waals surface area contributed by atoms with Gasteiger partial charge in [-0.05, 0) is 63.0 Å². The lowest BCUT2D eigenvalue weighted by Crippen LogP contribution is -2.38. The molecule has 2 aliphatic heterocycles. The number of nitrogens with one attached hydrogen (secondary N) is 1. The average Bonchev–Trinajstić information content (AvgIpc) is 2.71. The second-order valence-electron chi connectivity index (χ2n) is 8.51. The third-order valence-corrected chi connectivity index (χ3v) is 6.08. The van der Waals surface area contributed by atoms with Crippen molar-refractivity contribution in [1.82, 2.24) is 19.8 Å². The summed E-state index contributed by atoms with van der Waals surface area (Å²) in [5.74, 6) is -0.00461. The molecule has 0 aromatic carbocycles. The van der Waals surface area contributed by atoms with E-state index in [1.807, 2.05) is 0 Å². The van der Waals surface area contributed by atoms with E-state index in [9.17, 15) is 31.1 Å². The molecule has 36 heavy (non-hydrogen) atoms. The SMILES string of the molecule is Br.COc1cc(C(F)(F)F)c(CCN2CCC2)cn1.O=c1cc(C(F)(F)F)c(CCN2CCC2)c[nH]1. The van der Waals surface area contributed by atoms with Crippen molar-refractivity contribution in [2.24, 2.45) is 0 Å². The van der Waals surface area contributed by atoms with Gasteiger partial charge in [0.15, 0.2) is 0 Å². The van der Waals surface area contributed by atoms with Crippen LogP contribution in [0.4, 0.5) is 26.3 Å². The van der Waals surface area contributed by atoms with E-state index in [0.29, 0.717) is 32.0 Å². The molecule has 2 aliphatic rings. The number of alkyl halides is 6. The van der Waals surface area contributed by atoms with Crippen LogP contribution in [0.25, 0.3) is 0 Å². The van der Waals surface area contributed by atoms with Gasteiger partial charge in [0.25, 0.3) is 0 Å². The first-order chi connectivity index (χ1) is 16.5. The van der Waals surface area contributed by atoms with Crippen LogP contribution in [0.15, 0.2) is 29.3 Å². The summed E-state index contributed by atoms with van der Waals surface area (Å²) in [6.07, 6.45) is -3.46. The van der Waals surface area contributed by atoms with Gasteiger partial charge in [-0.25, -0.2) is 4.98 Å². The zero-order valence-corrected chi connectivity index (χ0v) is 21.4. The van der Waals surface area contributed by atoms with Crippen molar-refractivity contribution < 1.29 is 31.1 Å². The molecule has 0 aliphatic carbocycles. The summed E-state index contributed by atoms with van der Waals surface area (Å²) >= 11 is 0. The predicted molar refractivity (Wildman–Crippen MR) is 128 cm³/mol. The maximum atomic E-state index is 12.9. The number of aromatic nitrogens is 2. The van der Waals surface area contributed by atoms with E-state index >= 15 is 0 Å². The van der Waals surface area contributed by atoms with Gasteiger partial charge in [-0.1, -0.05) is 0 Å². The van der Waals surface area contributed by atoms with Crippen molar-refractivity contribution in [3.8, 4) is 5.88 Å². The summed E-state index contributed by atoms with van der Waals surface area (Å²) in [6.45, 7) is 5.11. The second kappa shape index (κ2) is 12.9. The Kier molecular flexibility index (Phi) is 10.8. The molecule has 4 rings (SSSR count). The minimum atomic E-state index is -4.46. The molecule has 0 spiro atoms. The van der Waals surface area contributed by atoms with Crippen LogP contribution in [0.1, 0.15) is 35.1 Å². The van der Waals surface area contributed by atoms with Crippen molar-refractivity contribution in [1.29, 1.82) is 0 Å². The zero-order chi connectivity index (χ0) is 25.6. The lowest BCUT2D eigenvalue weighted by Gasteiger charge is -2.30. The lowest BCUT2D eigenvalue weighted by atomic mass is 10.1. The Morgan fingerprint density at radius 1 is 0.889 bits per heavy atom. The summed E-state index contributed by atoms with van der Waals surface area (Å²) in [6, 6.07) is 1.59. The number of aromatic amines is 1. The van der Waals surface area contributed by atoms with E-state index in [4.69, 9.17) is 4.74 Å². The monoisotopic (exact) mass is 586 g/mol. The Morgan fingerprint density at radius 2 is 1.39 bits per heavy atom. The minimum absolute atomic E-state index is 0. The Morgan fingerprint density at radius 3 is 1.83 bits per heavy atom. The van der Waals surface area contributed by atoms with E-state index < -0.39 is 29.0 Å². The van der Waals surface area contributed by atoms with E-state index in [-0.39, 0.29) is 34.0 Å². The average molecular weight is 587 g/mol. The van der Waals surface area contributed by atoms with Crippen LogP contribution < -0.4 is 10.3 Å². The third-order valence-electron chi connectivity index (χ3n) is 6.08. The van der Waals surface area contributed by atoms with Crippen molar-refractivity contribution >= 4 is 17.0 Å². The summed E-state index contributed by atoms with van der Waals surface area (Å²) in [5, 5.41) is 0. The quantitative estimate of drug-likeness (QED) is 0.481. The number of halogens is 7. The van der Waals surface area contributed by atoms with Crippen LogP contribution in [-0.2, 0) is 25.2 Å². The number of rotatable bonds is 7. The molecule has 4 heterocycles. The number of ether oxygens (including phenoxy) is 1. The normalized spacial score (nSPS) is 16.2. The van der Waals surface area contributed by atoms with Gasteiger partial charge in [0, 0.05) is 37.6 Å². The van der Waals surface area contributed by atoms with Crippen molar-refractivity contribution in [3.63, 3.8) is 0 Å². The van der Waals surface area contributed by atoms with E-state index in [1.54, 1.807) is 0 Å². The summed E-state index contributed by atoms with van der Waals surface area (Å²) < 4.78 is 81.5. The maximum absolute atomic E-state index is 12.9. The highest BCUT2D eigenvalue weighted by atomic mass is 79.9. The first kappa shape index (κ1) is 30.1. The van der Waals surface area contributed by atoms with E-state index in [2.05, 4.69) is 19.8 Å². The van der Waals surface area contributed by atoms with Gasteiger partial charge in [-0.2, -0.15) is 26.3 Å². The fourth-order valence-corrected chi connectivity index (χ4v) is 3.78. The van der Waals surface area contributed by atoms with Crippen LogP contribution in [0.3, 0.4) is 0 Å². The first-order valence-corrected chi connectivity index (χ1v) is 11.3. The van der Waals surface area contributed by atoms with Crippen LogP contribution in [0.2, 0.25) is 0 Å². The van der Waals surface area contributed by atoms with Crippen molar-refractivity contribution in [2.75, 3.05) is 46.4 Å². The molecule has 2 fully saturated rings. The number of nitrogens with zero attached hydrogens (tertiary/aromatic N) is 3.